The molecule has 0 heterocycles. The maximum Gasteiger partial charge on any atom is 0.335 e. The van der Waals surface area contributed by atoms with E-state index in [4.69, 9.17) is 5.11 Å². The maximum absolute atomic E-state index is 10.9. The Kier molecular flexibility index (Phi) is 3.63. The smallest absolute Gasteiger partial charge is 0.335 e. The highest BCUT2D eigenvalue weighted by Gasteiger charge is 2.05. The number of para-hydroxylation sites is 1. The van der Waals surface area contributed by atoms with Crippen LogP contribution in [0.4, 0.5) is 5.69 Å². The van der Waals surface area contributed by atoms with Crippen molar-refractivity contribution in [3.8, 4) is 0 Å². The summed E-state index contributed by atoms with van der Waals surface area (Å²) >= 11 is 0. The zero-order chi connectivity index (χ0) is 13.0. The average Bonchev–Trinajstić information content (AvgIpc) is 2.40. The molecule has 0 saturated carbocycles. The molecule has 2 aromatic rings. The third kappa shape index (κ3) is 2.88. The lowest BCUT2D eigenvalue weighted by Gasteiger charge is -2.19. The Bertz CT molecular complexity index is 537. The highest BCUT2D eigenvalue weighted by Crippen LogP contribution is 2.15. The van der Waals surface area contributed by atoms with Gasteiger partial charge < -0.3 is 10.0 Å². The molecule has 0 aliphatic carbocycles. The van der Waals surface area contributed by atoms with E-state index in [1.807, 2.05) is 43.4 Å². The van der Waals surface area contributed by atoms with Crippen molar-refractivity contribution in [3.63, 3.8) is 0 Å². The molecular formula is C15H15NO2. The van der Waals surface area contributed by atoms with Crippen molar-refractivity contribution in [2.75, 3.05) is 11.9 Å². The Balaban J connectivity index is 2.14. The first-order valence-electron chi connectivity index (χ1n) is 5.75. The lowest BCUT2D eigenvalue weighted by molar-refractivity contribution is 0.0697. The van der Waals surface area contributed by atoms with E-state index in [1.54, 1.807) is 18.2 Å². The number of hydrogen-bond acceptors (Lipinski definition) is 2. The van der Waals surface area contributed by atoms with Gasteiger partial charge in [-0.15, -0.1) is 0 Å². The van der Waals surface area contributed by atoms with Crippen molar-refractivity contribution in [2.24, 2.45) is 0 Å². The summed E-state index contributed by atoms with van der Waals surface area (Å²) in [6, 6.07) is 17.0. The van der Waals surface area contributed by atoms with E-state index >= 15 is 0 Å². The lowest BCUT2D eigenvalue weighted by atomic mass is 10.1. The van der Waals surface area contributed by atoms with E-state index in [0.717, 1.165) is 11.3 Å². The zero-order valence-corrected chi connectivity index (χ0v) is 10.2. The summed E-state index contributed by atoms with van der Waals surface area (Å²) in [5.74, 6) is -0.890. The third-order valence-corrected chi connectivity index (χ3v) is 2.79. The Hall–Kier alpha value is -2.29. The van der Waals surface area contributed by atoms with Crippen LogP contribution in [0, 0.1) is 0 Å². The van der Waals surface area contributed by atoms with E-state index < -0.39 is 5.97 Å². The van der Waals surface area contributed by atoms with Gasteiger partial charge >= 0.3 is 5.97 Å². The first kappa shape index (κ1) is 12.2. The number of rotatable bonds is 4. The molecule has 0 unspecified atom stereocenters. The van der Waals surface area contributed by atoms with Crippen LogP contribution in [-0.2, 0) is 6.54 Å². The minimum atomic E-state index is -0.890. The van der Waals surface area contributed by atoms with Crippen molar-refractivity contribution in [2.45, 2.75) is 6.54 Å². The quantitative estimate of drug-likeness (QED) is 0.894. The molecule has 2 aromatic carbocycles. The highest BCUT2D eigenvalue weighted by atomic mass is 16.4. The Labute approximate surface area is 106 Å². The van der Waals surface area contributed by atoms with Crippen LogP contribution >= 0.6 is 0 Å². The molecule has 0 radical (unpaired) electrons. The fourth-order valence-electron chi connectivity index (χ4n) is 1.85. The van der Waals surface area contributed by atoms with Crippen LogP contribution in [0.2, 0.25) is 0 Å². The third-order valence-electron chi connectivity index (χ3n) is 2.79. The summed E-state index contributed by atoms with van der Waals surface area (Å²) in [5.41, 5.74) is 2.42. The highest BCUT2D eigenvalue weighted by molar-refractivity contribution is 5.87. The Morgan fingerprint density at radius 3 is 2.50 bits per heavy atom. The molecule has 92 valence electrons. The number of carbonyl (C=O) groups is 1. The molecule has 2 rings (SSSR count). The Morgan fingerprint density at radius 1 is 1.11 bits per heavy atom. The van der Waals surface area contributed by atoms with Crippen LogP contribution in [0.25, 0.3) is 0 Å². The maximum atomic E-state index is 10.9. The van der Waals surface area contributed by atoms with E-state index in [2.05, 4.69) is 4.90 Å². The molecule has 0 amide bonds. The lowest BCUT2D eigenvalue weighted by Crippen LogP contribution is -2.16. The predicted octanol–water partition coefficient (Wildman–Crippen LogP) is 3.02. The predicted molar refractivity (Wildman–Crippen MR) is 72.0 cm³/mol. The van der Waals surface area contributed by atoms with Crippen LogP contribution in [0.15, 0.2) is 54.6 Å². The van der Waals surface area contributed by atoms with Gasteiger partial charge in [0.1, 0.15) is 0 Å². The number of aromatic carboxylic acids is 1. The van der Waals surface area contributed by atoms with Gasteiger partial charge in [0, 0.05) is 19.3 Å². The number of hydrogen-bond donors (Lipinski definition) is 1. The standard InChI is InChI=1S/C15H15NO2/c1-16(14-8-3-2-4-9-14)11-12-6-5-7-13(10-12)15(17)18/h2-10H,11H2,1H3,(H,17,18). The summed E-state index contributed by atoms with van der Waals surface area (Å²) in [4.78, 5) is 13.0. The van der Waals surface area contributed by atoms with Gasteiger partial charge in [-0.3, -0.25) is 0 Å². The second-order valence-electron chi connectivity index (χ2n) is 4.20. The van der Waals surface area contributed by atoms with Gasteiger partial charge in [-0.2, -0.15) is 0 Å². The van der Waals surface area contributed by atoms with Gasteiger partial charge in [0.15, 0.2) is 0 Å². The van der Waals surface area contributed by atoms with Crippen molar-refractivity contribution in [1.29, 1.82) is 0 Å². The van der Waals surface area contributed by atoms with Gasteiger partial charge in [0.05, 0.1) is 5.56 Å². The molecule has 0 atom stereocenters. The summed E-state index contributed by atoms with van der Waals surface area (Å²) in [5, 5.41) is 8.95. The molecule has 0 aromatic heterocycles. The molecular weight excluding hydrogens is 226 g/mol. The molecule has 3 nitrogen and oxygen atoms in total. The van der Waals surface area contributed by atoms with E-state index in [-0.39, 0.29) is 0 Å². The van der Waals surface area contributed by atoms with Crippen LogP contribution in [-0.4, -0.2) is 18.1 Å². The largest absolute Gasteiger partial charge is 0.478 e. The van der Waals surface area contributed by atoms with Crippen LogP contribution in [0.1, 0.15) is 15.9 Å². The number of benzene rings is 2. The summed E-state index contributed by atoms with van der Waals surface area (Å²) in [6.07, 6.45) is 0. The molecule has 0 fully saturated rings. The number of nitrogens with zero attached hydrogens (tertiary/aromatic N) is 1. The fourth-order valence-corrected chi connectivity index (χ4v) is 1.85. The molecule has 0 saturated heterocycles. The number of anilines is 1. The first-order valence-corrected chi connectivity index (χ1v) is 5.75. The SMILES string of the molecule is CN(Cc1cccc(C(=O)O)c1)c1ccccc1. The minimum Gasteiger partial charge on any atom is -0.478 e. The summed E-state index contributed by atoms with van der Waals surface area (Å²) in [6.45, 7) is 0.686. The van der Waals surface area contributed by atoms with E-state index in [1.165, 1.54) is 0 Å². The summed E-state index contributed by atoms with van der Waals surface area (Å²) < 4.78 is 0. The number of carboxylic acids is 1. The van der Waals surface area contributed by atoms with Crippen LogP contribution in [0.3, 0.4) is 0 Å². The van der Waals surface area contributed by atoms with Crippen molar-refractivity contribution in [3.05, 3.63) is 65.7 Å². The molecule has 18 heavy (non-hydrogen) atoms. The molecule has 0 bridgehead atoms. The fraction of sp³-hybridized carbons (Fsp3) is 0.133. The second kappa shape index (κ2) is 5.36. The van der Waals surface area contributed by atoms with Crippen LogP contribution in [0.5, 0.6) is 0 Å². The monoisotopic (exact) mass is 241 g/mol. The van der Waals surface area contributed by atoms with Crippen molar-refractivity contribution >= 4 is 11.7 Å². The second-order valence-corrected chi connectivity index (χ2v) is 4.20. The van der Waals surface area contributed by atoms with Crippen LogP contribution < -0.4 is 4.90 Å². The molecule has 0 spiro atoms. The molecule has 3 heteroatoms. The molecule has 0 aliphatic heterocycles. The van der Waals surface area contributed by atoms with E-state index in [0.29, 0.717) is 12.1 Å². The van der Waals surface area contributed by atoms with Gasteiger partial charge in [-0.1, -0.05) is 30.3 Å². The number of carboxylic acid groups (broad SMARTS) is 1. The first-order chi connectivity index (χ1) is 8.66. The minimum absolute atomic E-state index is 0.328. The topological polar surface area (TPSA) is 40.5 Å². The average molecular weight is 241 g/mol. The normalized spacial score (nSPS) is 10.1. The van der Waals surface area contributed by atoms with Crippen molar-refractivity contribution in [1.82, 2.24) is 0 Å². The molecule has 1 N–H and O–H groups in total. The van der Waals surface area contributed by atoms with Crippen molar-refractivity contribution < 1.29 is 9.90 Å². The van der Waals surface area contributed by atoms with Gasteiger partial charge in [0.2, 0.25) is 0 Å². The summed E-state index contributed by atoms with van der Waals surface area (Å²) in [7, 11) is 1.99. The van der Waals surface area contributed by atoms with E-state index in [9.17, 15) is 4.79 Å². The van der Waals surface area contributed by atoms with Gasteiger partial charge in [0.25, 0.3) is 0 Å². The Morgan fingerprint density at radius 2 is 1.83 bits per heavy atom. The zero-order valence-electron chi connectivity index (χ0n) is 10.2. The van der Waals surface area contributed by atoms with Gasteiger partial charge in [-0.05, 0) is 29.8 Å². The molecule has 0 aliphatic rings. The van der Waals surface area contributed by atoms with Gasteiger partial charge in [-0.25, -0.2) is 4.79 Å².